The molecule has 0 unspecified atom stereocenters. The standard InChI is InChI=1S/C9H8F2N2O/c10-9(11)5-6(9)8(14)13-7-3-1-2-4-12-7/h1-4,6H,5H2,(H,12,13,14)/t6-/m0/s1. The van der Waals surface area contributed by atoms with Gasteiger partial charge in [0, 0.05) is 12.6 Å². The molecule has 74 valence electrons. The molecule has 0 bridgehead atoms. The van der Waals surface area contributed by atoms with Crippen LogP contribution in [0.5, 0.6) is 0 Å². The number of pyridine rings is 1. The molecule has 0 radical (unpaired) electrons. The molecule has 1 aliphatic carbocycles. The van der Waals surface area contributed by atoms with Gasteiger partial charge in [0.25, 0.3) is 5.92 Å². The maximum Gasteiger partial charge on any atom is 0.260 e. The summed E-state index contributed by atoms with van der Waals surface area (Å²) in [7, 11) is 0. The Morgan fingerprint density at radius 3 is 2.79 bits per heavy atom. The first-order valence-corrected chi connectivity index (χ1v) is 4.19. The van der Waals surface area contributed by atoms with E-state index in [0.29, 0.717) is 5.82 Å². The topological polar surface area (TPSA) is 42.0 Å². The lowest BCUT2D eigenvalue weighted by molar-refractivity contribution is -0.119. The van der Waals surface area contributed by atoms with Crippen LogP contribution in [0.3, 0.4) is 0 Å². The van der Waals surface area contributed by atoms with Gasteiger partial charge in [0.2, 0.25) is 5.91 Å². The fourth-order valence-electron chi connectivity index (χ4n) is 1.15. The Balaban J connectivity index is 1.97. The third-order valence-corrected chi connectivity index (χ3v) is 2.06. The van der Waals surface area contributed by atoms with Crippen LogP contribution in [-0.2, 0) is 4.79 Å². The molecule has 0 spiro atoms. The summed E-state index contributed by atoms with van der Waals surface area (Å²) in [6.45, 7) is 0. The molecule has 14 heavy (non-hydrogen) atoms. The first-order chi connectivity index (χ1) is 6.59. The van der Waals surface area contributed by atoms with Gasteiger partial charge in [0.1, 0.15) is 11.7 Å². The fourth-order valence-corrected chi connectivity index (χ4v) is 1.15. The normalized spacial score (nSPS) is 22.9. The first kappa shape index (κ1) is 9.05. The van der Waals surface area contributed by atoms with Gasteiger partial charge in [-0.15, -0.1) is 0 Å². The number of halogens is 2. The lowest BCUT2D eigenvalue weighted by Gasteiger charge is -2.01. The molecule has 1 fully saturated rings. The summed E-state index contributed by atoms with van der Waals surface area (Å²) >= 11 is 0. The van der Waals surface area contributed by atoms with Gasteiger partial charge in [-0.1, -0.05) is 6.07 Å². The number of nitrogens with one attached hydrogen (secondary N) is 1. The lowest BCUT2D eigenvalue weighted by atomic mass is 10.3. The van der Waals surface area contributed by atoms with E-state index in [1.807, 2.05) is 0 Å². The highest BCUT2D eigenvalue weighted by Crippen LogP contribution is 2.48. The number of carbonyl (C=O) groups is 1. The molecule has 1 N–H and O–H groups in total. The molecule has 1 heterocycles. The predicted octanol–water partition coefficient (Wildman–Crippen LogP) is 1.68. The molecule has 0 aromatic carbocycles. The van der Waals surface area contributed by atoms with Crippen molar-refractivity contribution in [2.24, 2.45) is 5.92 Å². The zero-order chi connectivity index (χ0) is 10.2. The smallest absolute Gasteiger partial charge is 0.260 e. The lowest BCUT2D eigenvalue weighted by Crippen LogP contribution is -2.18. The molecular formula is C9H8F2N2O. The van der Waals surface area contributed by atoms with E-state index in [1.165, 1.54) is 6.20 Å². The van der Waals surface area contributed by atoms with Crippen molar-refractivity contribution in [2.45, 2.75) is 12.3 Å². The van der Waals surface area contributed by atoms with E-state index < -0.39 is 17.7 Å². The second-order valence-corrected chi connectivity index (χ2v) is 3.22. The molecule has 3 nitrogen and oxygen atoms in total. The van der Waals surface area contributed by atoms with Gasteiger partial charge in [-0.05, 0) is 12.1 Å². The molecule has 0 aliphatic heterocycles. The average molecular weight is 198 g/mol. The molecule has 1 saturated carbocycles. The van der Waals surface area contributed by atoms with Crippen molar-refractivity contribution in [3.8, 4) is 0 Å². The monoisotopic (exact) mass is 198 g/mol. The van der Waals surface area contributed by atoms with Gasteiger partial charge in [0.15, 0.2) is 0 Å². The van der Waals surface area contributed by atoms with Gasteiger partial charge >= 0.3 is 0 Å². The molecule has 0 saturated heterocycles. The van der Waals surface area contributed by atoms with Gasteiger partial charge in [-0.3, -0.25) is 4.79 Å². The van der Waals surface area contributed by atoms with Crippen LogP contribution in [0, 0.1) is 5.92 Å². The van der Waals surface area contributed by atoms with Crippen molar-refractivity contribution in [1.29, 1.82) is 0 Å². The predicted molar refractivity (Wildman–Crippen MR) is 45.9 cm³/mol. The number of anilines is 1. The van der Waals surface area contributed by atoms with E-state index in [4.69, 9.17) is 0 Å². The summed E-state index contributed by atoms with van der Waals surface area (Å²) < 4.78 is 24.9. The van der Waals surface area contributed by atoms with Crippen LogP contribution in [0.25, 0.3) is 0 Å². The Hall–Kier alpha value is -1.52. The minimum atomic E-state index is -2.82. The van der Waals surface area contributed by atoms with Crippen LogP contribution >= 0.6 is 0 Å². The van der Waals surface area contributed by atoms with Crippen LogP contribution < -0.4 is 5.32 Å². The van der Waals surface area contributed by atoms with Crippen LogP contribution in [0.2, 0.25) is 0 Å². The number of nitrogens with zero attached hydrogens (tertiary/aromatic N) is 1. The van der Waals surface area contributed by atoms with Crippen molar-refractivity contribution in [2.75, 3.05) is 5.32 Å². The summed E-state index contributed by atoms with van der Waals surface area (Å²) in [5.41, 5.74) is 0. The minimum Gasteiger partial charge on any atom is -0.310 e. The minimum absolute atomic E-state index is 0.306. The second kappa shape index (κ2) is 3.01. The van der Waals surface area contributed by atoms with E-state index in [1.54, 1.807) is 18.2 Å². The SMILES string of the molecule is O=C(Nc1ccccn1)[C@@H]1CC1(F)F. The molecule has 1 aliphatic rings. The number of aromatic nitrogens is 1. The van der Waals surface area contributed by atoms with Gasteiger partial charge < -0.3 is 5.32 Å². The third kappa shape index (κ3) is 1.71. The molecule has 1 amide bonds. The van der Waals surface area contributed by atoms with E-state index in [-0.39, 0.29) is 6.42 Å². The third-order valence-electron chi connectivity index (χ3n) is 2.06. The summed E-state index contributed by atoms with van der Waals surface area (Å²) in [4.78, 5) is 15.0. The highest BCUT2D eigenvalue weighted by Gasteiger charge is 2.61. The first-order valence-electron chi connectivity index (χ1n) is 4.19. The summed E-state index contributed by atoms with van der Waals surface area (Å²) in [6.07, 6.45) is 1.13. The summed E-state index contributed by atoms with van der Waals surface area (Å²) in [6, 6.07) is 4.91. The van der Waals surface area contributed by atoms with Crippen LogP contribution in [0.1, 0.15) is 6.42 Å². The Labute approximate surface area is 79.1 Å². The quantitative estimate of drug-likeness (QED) is 0.785. The van der Waals surface area contributed by atoms with Gasteiger partial charge in [-0.2, -0.15) is 0 Å². The van der Waals surface area contributed by atoms with Crippen molar-refractivity contribution in [3.63, 3.8) is 0 Å². The number of alkyl halides is 2. The molecule has 1 atom stereocenters. The highest BCUT2D eigenvalue weighted by atomic mass is 19.3. The zero-order valence-electron chi connectivity index (χ0n) is 7.21. The van der Waals surface area contributed by atoms with Crippen molar-refractivity contribution in [1.82, 2.24) is 4.98 Å². The van der Waals surface area contributed by atoms with Gasteiger partial charge in [0.05, 0.1) is 0 Å². The number of hydrogen-bond donors (Lipinski definition) is 1. The summed E-state index contributed by atoms with van der Waals surface area (Å²) in [5, 5.41) is 2.33. The van der Waals surface area contributed by atoms with Crippen molar-refractivity contribution < 1.29 is 13.6 Å². The zero-order valence-corrected chi connectivity index (χ0v) is 7.21. The maximum absolute atomic E-state index is 12.5. The van der Waals surface area contributed by atoms with Crippen LogP contribution in [-0.4, -0.2) is 16.8 Å². The van der Waals surface area contributed by atoms with Gasteiger partial charge in [-0.25, -0.2) is 13.8 Å². The van der Waals surface area contributed by atoms with E-state index in [0.717, 1.165) is 0 Å². The van der Waals surface area contributed by atoms with E-state index in [2.05, 4.69) is 10.3 Å². The fraction of sp³-hybridized carbons (Fsp3) is 0.333. The maximum atomic E-state index is 12.5. The second-order valence-electron chi connectivity index (χ2n) is 3.22. The molecule has 5 heteroatoms. The molecule has 2 rings (SSSR count). The number of hydrogen-bond acceptors (Lipinski definition) is 2. The Morgan fingerprint density at radius 1 is 1.57 bits per heavy atom. The number of amides is 1. The molecule has 1 aromatic rings. The van der Waals surface area contributed by atoms with Crippen LogP contribution in [0.15, 0.2) is 24.4 Å². The molecule has 1 aromatic heterocycles. The Bertz CT molecular complexity index is 353. The van der Waals surface area contributed by atoms with E-state index in [9.17, 15) is 13.6 Å². The number of carbonyl (C=O) groups excluding carboxylic acids is 1. The average Bonchev–Trinajstić information content (AvgIpc) is 2.77. The Morgan fingerprint density at radius 2 is 2.29 bits per heavy atom. The van der Waals surface area contributed by atoms with Crippen LogP contribution in [0.4, 0.5) is 14.6 Å². The van der Waals surface area contributed by atoms with E-state index >= 15 is 0 Å². The van der Waals surface area contributed by atoms with Crippen molar-refractivity contribution in [3.05, 3.63) is 24.4 Å². The van der Waals surface area contributed by atoms with Crippen molar-refractivity contribution >= 4 is 11.7 Å². The number of rotatable bonds is 2. The largest absolute Gasteiger partial charge is 0.310 e. The Kier molecular flexibility index (Phi) is 1.94. The highest BCUT2D eigenvalue weighted by molar-refractivity contribution is 5.94. The molecular weight excluding hydrogens is 190 g/mol. The summed E-state index contributed by atoms with van der Waals surface area (Å²) in [5.74, 6) is -4.35.